The van der Waals surface area contributed by atoms with E-state index in [-0.39, 0.29) is 23.6 Å². The average molecular weight is 225 g/mol. The van der Waals surface area contributed by atoms with Crippen molar-refractivity contribution in [2.75, 3.05) is 6.54 Å². The lowest BCUT2D eigenvalue weighted by atomic mass is 10.00. The van der Waals surface area contributed by atoms with Gasteiger partial charge in [0.15, 0.2) is 0 Å². The van der Waals surface area contributed by atoms with E-state index >= 15 is 0 Å². The fraction of sp³-hybridized carbons (Fsp3) is 0.538. The van der Waals surface area contributed by atoms with Crippen molar-refractivity contribution in [1.29, 1.82) is 0 Å². The van der Waals surface area contributed by atoms with Crippen LogP contribution in [0, 0.1) is 18.6 Å². The van der Waals surface area contributed by atoms with Crippen LogP contribution in [0.15, 0.2) is 6.07 Å². The molecule has 0 spiro atoms. The summed E-state index contributed by atoms with van der Waals surface area (Å²) in [6.07, 6.45) is 0.778. The van der Waals surface area contributed by atoms with E-state index in [1.165, 1.54) is 6.07 Å². The lowest BCUT2D eigenvalue weighted by Crippen LogP contribution is -2.19. The SMILES string of the molecule is CCNC1CC(C)c2c(F)cc(C)c(F)c21. The zero-order valence-corrected chi connectivity index (χ0v) is 9.90. The number of hydrogen-bond donors (Lipinski definition) is 1. The molecule has 0 bridgehead atoms. The molecule has 2 atom stereocenters. The molecular weight excluding hydrogens is 208 g/mol. The van der Waals surface area contributed by atoms with E-state index in [9.17, 15) is 8.78 Å². The minimum absolute atomic E-state index is 0.0376. The van der Waals surface area contributed by atoms with Gasteiger partial charge in [0.25, 0.3) is 0 Å². The van der Waals surface area contributed by atoms with E-state index in [0.29, 0.717) is 16.7 Å². The Bertz CT molecular complexity index is 415. The second-order valence-corrected chi connectivity index (χ2v) is 4.56. The molecule has 88 valence electrons. The van der Waals surface area contributed by atoms with E-state index in [2.05, 4.69) is 5.32 Å². The van der Waals surface area contributed by atoms with Crippen molar-refractivity contribution < 1.29 is 8.78 Å². The highest BCUT2D eigenvalue weighted by Gasteiger charge is 2.33. The van der Waals surface area contributed by atoms with Gasteiger partial charge < -0.3 is 5.32 Å². The number of fused-ring (bicyclic) bond motifs is 1. The number of rotatable bonds is 2. The minimum atomic E-state index is -0.262. The maximum Gasteiger partial charge on any atom is 0.131 e. The Hall–Kier alpha value is -0.960. The number of halogens is 2. The molecular formula is C13H17F2N. The van der Waals surface area contributed by atoms with Crippen molar-refractivity contribution in [2.24, 2.45) is 0 Å². The smallest absolute Gasteiger partial charge is 0.131 e. The molecule has 0 radical (unpaired) electrons. The molecule has 0 amide bonds. The molecule has 1 aliphatic carbocycles. The van der Waals surface area contributed by atoms with Crippen molar-refractivity contribution in [2.45, 2.75) is 39.2 Å². The van der Waals surface area contributed by atoms with Gasteiger partial charge in [-0.15, -0.1) is 0 Å². The third kappa shape index (κ3) is 1.63. The average Bonchev–Trinajstić information content (AvgIpc) is 2.53. The maximum absolute atomic E-state index is 14.0. The van der Waals surface area contributed by atoms with E-state index in [1.807, 2.05) is 13.8 Å². The van der Waals surface area contributed by atoms with Crippen molar-refractivity contribution in [3.63, 3.8) is 0 Å². The molecule has 0 aromatic heterocycles. The van der Waals surface area contributed by atoms with Crippen molar-refractivity contribution in [1.82, 2.24) is 5.32 Å². The van der Waals surface area contributed by atoms with Crippen LogP contribution in [-0.2, 0) is 0 Å². The van der Waals surface area contributed by atoms with Crippen molar-refractivity contribution in [3.05, 3.63) is 34.4 Å². The second-order valence-electron chi connectivity index (χ2n) is 4.56. The number of hydrogen-bond acceptors (Lipinski definition) is 1. The van der Waals surface area contributed by atoms with Gasteiger partial charge in [0.2, 0.25) is 0 Å². The first-order valence-corrected chi connectivity index (χ1v) is 5.78. The standard InChI is InChI=1S/C13H17F2N/c1-4-16-10-6-7(2)11-9(14)5-8(3)13(15)12(10)11/h5,7,10,16H,4,6H2,1-3H3. The molecule has 0 saturated heterocycles. The van der Waals surface area contributed by atoms with Crippen LogP contribution in [0.1, 0.15) is 48.9 Å². The summed E-state index contributed by atoms with van der Waals surface area (Å²) in [4.78, 5) is 0. The molecule has 0 aliphatic heterocycles. The Kier molecular flexibility index (Phi) is 2.98. The predicted molar refractivity (Wildman–Crippen MR) is 60.5 cm³/mol. The summed E-state index contributed by atoms with van der Waals surface area (Å²) in [5.74, 6) is -0.414. The van der Waals surface area contributed by atoms with Gasteiger partial charge in [0.1, 0.15) is 11.6 Å². The van der Waals surface area contributed by atoms with Crippen LogP contribution in [-0.4, -0.2) is 6.54 Å². The number of nitrogens with one attached hydrogen (secondary N) is 1. The summed E-state index contributed by atoms with van der Waals surface area (Å²) in [6.45, 7) is 6.32. The van der Waals surface area contributed by atoms with Crippen LogP contribution < -0.4 is 5.32 Å². The van der Waals surface area contributed by atoms with E-state index in [4.69, 9.17) is 0 Å². The Morgan fingerprint density at radius 2 is 2.06 bits per heavy atom. The predicted octanol–water partition coefficient (Wildman–Crippen LogP) is 3.43. The molecule has 16 heavy (non-hydrogen) atoms. The fourth-order valence-corrected chi connectivity index (χ4v) is 2.65. The van der Waals surface area contributed by atoms with Crippen LogP contribution in [0.2, 0.25) is 0 Å². The van der Waals surface area contributed by atoms with Gasteiger partial charge in [-0.25, -0.2) is 8.78 Å². The maximum atomic E-state index is 14.0. The van der Waals surface area contributed by atoms with Crippen molar-refractivity contribution >= 4 is 0 Å². The van der Waals surface area contributed by atoms with Gasteiger partial charge in [-0.2, -0.15) is 0 Å². The lowest BCUT2D eigenvalue weighted by Gasteiger charge is -2.14. The molecule has 0 heterocycles. The Morgan fingerprint density at radius 3 is 2.69 bits per heavy atom. The second kappa shape index (κ2) is 4.13. The highest BCUT2D eigenvalue weighted by Crippen LogP contribution is 2.43. The monoisotopic (exact) mass is 225 g/mol. The van der Waals surface area contributed by atoms with Crippen LogP contribution in [0.5, 0.6) is 0 Å². The summed E-state index contributed by atoms with van der Waals surface area (Å²) in [5, 5.41) is 3.22. The third-order valence-electron chi connectivity index (χ3n) is 3.35. The van der Waals surface area contributed by atoms with E-state index in [1.54, 1.807) is 6.92 Å². The summed E-state index contributed by atoms with van der Waals surface area (Å²) in [6, 6.07) is 1.27. The van der Waals surface area contributed by atoms with Crippen LogP contribution in [0.3, 0.4) is 0 Å². The van der Waals surface area contributed by atoms with Gasteiger partial charge in [0, 0.05) is 11.6 Å². The normalized spacial score (nSPS) is 23.6. The topological polar surface area (TPSA) is 12.0 Å². The molecule has 0 fully saturated rings. The third-order valence-corrected chi connectivity index (χ3v) is 3.35. The quantitative estimate of drug-likeness (QED) is 0.813. The van der Waals surface area contributed by atoms with Gasteiger partial charge in [-0.1, -0.05) is 13.8 Å². The fourth-order valence-electron chi connectivity index (χ4n) is 2.65. The molecule has 1 aliphatic rings. The minimum Gasteiger partial charge on any atom is -0.310 e. The first kappa shape index (κ1) is 11.5. The van der Waals surface area contributed by atoms with Crippen LogP contribution in [0.25, 0.3) is 0 Å². The van der Waals surface area contributed by atoms with Gasteiger partial charge in [-0.3, -0.25) is 0 Å². The molecule has 1 N–H and O–H groups in total. The summed E-state index contributed by atoms with van der Waals surface area (Å²) >= 11 is 0. The van der Waals surface area contributed by atoms with Gasteiger partial charge in [0.05, 0.1) is 0 Å². The van der Waals surface area contributed by atoms with Gasteiger partial charge >= 0.3 is 0 Å². The zero-order valence-electron chi connectivity index (χ0n) is 9.90. The highest BCUT2D eigenvalue weighted by atomic mass is 19.1. The molecule has 2 unspecified atom stereocenters. The molecule has 1 aromatic carbocycles. The Balaban J connectivity index is 2.56. The van der Waals surface area contributed by atoms with E-state index < -0.39 is 0 Å². The zero-order chi connectivity index (χ0) is 11.9. The van der Waals surface area contributed by atoms with Crippen LogP contribution in [0.4, 0.5) is 8.78 Å². The molecule has 3 heteroatoms. The number of benzene rings is 1. The summed E-state index contributed by atoms with van der Waals surface area (Å²) in [7, 11) is 0. The van der Waals surface area contributed by atoms with Gasteiger partial charge in [-0.05, 0) is 43.0 Å². The Labute approximate surface area is 94.9 Å². The van der Waals surface area contributed by atoms with E-state index in [0.717, 1.165) is 13.0 Å². The first-order valence-electron chi connectivity index (χ1n) is 5.78. The molecule has 1 nitrogen and oxygen atoms in total. The summed E-state index contributed by atoms with van der Waals surface area (Å²) < 4.78 is 27.8. The van der Waals surface area contributed by atoms with Crippen molar-refractivity contribution in [3.8, 4) is 0 Å². The molecule has 0 saturated carbocycles. The molecule has 2 rings (SSSR count). The summed E-state index contributed by atoms with van der Waals surface area (Å²) in [5.41, 5.74) is 1.51. The Morgan fingerprint density at radius 1 is 1.38 bits per heavy atom. The van der Waals surface area contributed by atoms with Crippen LogP contribution >= 0.6 is 0 Å². The highest BCUT2D eigenvalue weighted by molar-refractivity contribution is 5.42. The molecule has 1 aromatic rings. The largest absolute Gasteiger partial charge is 0.310 e. The number of aryl methyl sites for hydroxylation is 1. The first-order chi connectivity index (χ1) is 7.56. The lowest BCUT2D eigenvalue weighted by molar-refractivity contribution is 0.498.